The first-order valence-corrected chi connectivity index (χ1v) is 11.3. The minimum absolute atomic E-state index is 0.184. The van der Waals surface area contributed by atoms with Gasteiger partial charge in [-0.15, -0.1) is 0 Å². The second-order valence-corrected chi connectivity index (χ2v) is 8.58. The molecule has 7 nitrogen and oxygen atoms in total. The number of oxazole rings is 1. The van der Waals surface area contributed by atoms with Crippen LogP contribution in [0.3, 0.4) is 0 Å². The molecule has 0 bridgehead atoms. The molecule has 2 heterocycles. The molecular formula is C26H23N3O4S. The van der Waals surface area contributed by atoms with Crippen molar-refractivity contribution in [1.29, 1.82) is 0 Å². The lowest BCUT2D eigenvalue weighted by Crippen LogP contribution is -2.34. The SMILES string of the molecule is Cc1cc2nc(-c3cccc(NC(=S)NC(=O)c4ccc5c(c4)OCCO5)c3C)oc2cc1C. The topological polar surface area (TPSA) is 85.6 Å². The van der Waals surface area contributed by atoms with Crippen molar-refractivity contribution in [1.82, 2.24) is 10.3 Å². The number of benzene rings is 3. The van der Waals surface area contributed by atoms with Gasteiger partial charge in [0.05, 0.1) is 0 Å². The molecule has 0 aliphatic carbocycles. The van der Waals surface area contributed by atoms with Gasteiger partial charge in [-0.3, -0.25) is 10.1 Å². The summed E-state index contributed by atoms with van der Waals surface area (Å²) in [5.74, 6) is 1.37. The standard InChI is InChI=1S/C26H23N3O4S/c1-14-11-20-22(12-15(14)2)33-25(27-20)18-5-4-6-19(16(18)3)28-26(34)29-24(30)17-7-8-21-23(13-17)32-10-9-31-21/h4-8,11-13H,9-10H2,1-3H3,(H2,28,29,30,34). The van der Waals surface area contributed by atoms with Crippen LogP contribution in [0, 0.1) is 20.8 Å². The Balaban J connectivity index is 1.34. The van der Waals surface area contributed by atoms with Crippen LogP contribution in [0.1, 0.15) is 27.0 Å². The van der Waals surface area contributed by atoms with Crippen molar-refractivity contribution in [2.24, 2.45) is 0 Å². The number of carbonyl (C=O) groups is 1. The van der Waals surface area contributed by atoms with Crippen molar-refractivity contribution in [3.63, 3.8) is 0 Å². The average Bonchev–Trinajstić information content (AvgIpc) is 3.22. The average molecular weight is 474 g/mol. The fraction of sp³-hybridized carbons (Fsp3) is 0.192. The fourth-order valence-electron chi connectivity index (χ4n) is 3.81. The lowest BCUT2D eigenvalue weighted by molar-refractivity contribution is 0.0976. The zero-order valence-electron chi connectivity index (χ0n) is 19.0. The number of fused-ring (bicyclic) bond motifs is 2. The molecule has 0 atom stereocenters. The largest absolute Gasteiger partial charge is 0.486 e. The van der Waals surface area contributed by atoms with Gasteiger partial charge in [0, 0.05) is 16.8 Å². The van der Waals surface area contributed by atoms with Crippen molar-refractivity contribution in [2.45, 2.75) is 20.8 Å². The number of rotatable bonds is 3. The molecule has 2 N–H and O–H groups in total. The molecule has 0 fully saturated rings. The Bertz CT molecular complexity index is 1400. The zero-order chi connectivity index (χ0) is 23.8. The quantitative estimate of drug-likeness (QED) is 0.390. The molecular weight excluding hydrogens is 450 g/mol. The van der Waals surface area contributed by atoms with E-state index in [1.807, 2.05) is 44.2 Å². The van der Waals surface area contributed by atoms with Crippen LogP contribution >= 0.6 is 12.2 Å². The Morgan fingerprint density at radius 3 is 2.56 bits per heavy atom. The first-order chi connectivity index (χ1) is 16.4. The van der Waals surface area contributed by atoms with Gasteiger partial charge in [-0.05, 0) is 92.1 Å². The van der Waals surface area contributed by atoms with E-state index >= 15 is 0 Å². The highest BCUT2D eigenvalue weighted by Gasteiger charge is 2.17. The van der Waals surface area contributed by atoms with Gasteiger partial charge >= 0.3 is 0 Å². The van der Waals surface area contributed by atoms with Crippen molar-refractivity contribution in [3.8, 4) is 23.0 Å². The van der Waals surface area contributed by atoms with Crippen LogP contribution in [0.4, 0.5) is 5.69 Å². The lowest BCUT2D eigenvalue weighted by Gasteiger charge is -2.19. The summed E-state index contributed by atoms with van der Waals surface area (Å²) in [5, 5.41) is 6.01. The smallest absolute Gasteiger partial charge is 0.257 e. The number of thiocarbonyl (C=S) groups is 1. The predicted molar refractivity (Wildman–Crippen MR) is 135 cm³/mol. The third kappa shape index (κ3) is 4.20. The van der Waals surface area contributed by atoms with Crippen LogP contribution in [-0.2, 0) is 0 Å². The molecule has 4 aromatic rings. The summed E-state index contributed by atoms with van der Waals surface area (Å²) in [5.41, 5.74) is 6.81. The second-order valence-electron chi connectivity index (χ2n) is 8.17. The molecule has 1 aliphatic rings. The van der Waals surface area contributed by atoms with E-state index < -0.39 is 0 Å². The van der Waals surface area contributed by atoms with Crippen LogP contribution in [0.15, 0.2) is 52.9 Å². The number of ether oxygens (including phenoxy) is 2. The Hall–Kier alpha value is -3.91. The molecule has 0 radical (unpaired) electrons. The third-order valence-corrected chi connectivity index (χ3v) is 6.05. The highest BCUT2D eigenvalue weighted by Crippen LogP contribution is 2.32. The summed E-state index contributed by atoms with van der Waals surface area (Å²) in [6, 6.07) is 14.8. The fourth-order valence-corrected chi connectivity index (χ4v) is 4.01. The van der Waals surface area contributed by atoms with Gasteiger partial charge in [0.15, 0.2) is 22.2 Å². The van der Waals surface area contributed by atoms with E-state index in [9.17, 15) is 4.79 Å². The van der Waals surface area contributed by atoms with Gasteiger partial charge in [0.25, 0.3) is 5.91 Å². The number of hydrogen-bond donors (Lipinski definition) is 2. The number of anilines is 1. The lowest BCUT2D eigenvalue weighted by atomic mass is 10.1. The highest BCUT2D eigenvalue weighted by atomic mass is 32.1. The molecule has 0 saturated heterocycles. The van der Waals surface area contributed by atoms with Crippen LogP contribution in [0.2, 0.25) is 0 Å². The number of aryl methyl sites for hydroxylation is 2. The van der Waals surface area contributed by atoms with Crippen molar-refractivity contribution < 1.29 is 18.7 Å². The maximum atomic E-state index is 12.7. The molecule has 1 aromatic heterocycles. The number of amides is 1. The maximum Gasteiger partial charge on any atom is 0.257 e. The molecule has 1 amide bonds. The van der Waals surface area contributed by atoms with Crippen LogP contribution in [0.25, 0.3) is 22.6 Å². The molecule has 8 heteroatoms. The Kier molecular flexibility index (Phi) is 5.67. The molecule has 172 valence electrons. The second kappa shape index (κ2) is 8.79. The van der Waals surface area contributed by atoms with Gasteiger partial charge in [-0.1, -0.05) is 6.07 Å². The van der Waals surface area contributed by atoms with E-state index in [-0.39, 0.29) is 11.0 Å². The highest BCUT2D eigenvalue weighted by molar-refractivity contribution is 7.80. The molecule has 0 unspecified atom stereocenters. The zero-order valence-corrected chi connectivity index (χ0v) is 19.8. The molecule has 0 saturated carbocycles. The van der Waals surface area contributed by atoms with E-state index in [2.05, 4.69) is 22.5 Å². The number of aromatic nitrogens is 1. The van der Waals surface area contributed by atoms with Crippen molar-refractivity contribution >= 4 is 40.0 Å². The molecule has 1 aliphatic heterocycles. The Labute approximate surface area is 202 Å². The minimum atomic E-state index is -0.340. The Morgan fingerprint density at radius 2 is 1.74 bits per heavy atom. The summed E-state index contributed by atoms with van der Waals surface area (Å²) in [4.78, 5) is 17.4. The number of hydrogen-bond acceptors (Lipinski definition) is 6. The summed E-state index contributed by atoms with van der Waals surface area (Å²) in [6.07, 6.45) is 0. The van der Waals surface area contributed by atoms with Gasteiger partial charge in [0.2, 0.25) is 5.89 Å². The number of carbonyl (C=O) groups excluding carboxylic acids is 1. The Morgan fingerprint density at radius 1 is 0.971 bits per heavy atom. The predicted octanol–water partition coefficient (Wildman–Crippen LogP) is 5.32. The molecule has 0 spiro atoms. The summed E-state index contributed by atoms with van der Waals surface area (Å²) >= 11 is 5.40. The molecule has 34 heavy (non-hydrogen) atoms. The van der Waals surface area contributed by atoms with Gasteiger partial charge < -0.3 is 19.2 Å². The summed E-state index contributed by atoms with van der Waals surface area (Å²) in [7, 11) is 0. The summed E-state index contributed by atoms with van der Waals surface area (Å²) < 4.78 is 17.1. The first-order valence-electron chi connectivity index (χ1n) is 10.9. The van der Waals surface area contributed by atoms with Crippen LogP contribution in [0.5, 0.6) is 11.5 Å². The number of nitrogens with one attached hydrogen (secondary N) is 2. The van der Waals surface area contributed by atoms with Crippen molar-refractivity contribution in [3.05, 3.63) is 70.8 Å². The normalized spacial score (nSPS) is 12.4. The first kappa shape index (κ1) is 21.9. The van der Waals surface area contributed by atoms with E-state index in [1.54, 1.807) is 18.2 Å². The van der Waals surface area contributed by atoms with E-state index in [4.69, 9.17) is 26.1 Å². The number of nitrogens with zero attached hydrogens (tertiary/aromatic N) is 1. The summed E-state index contributed by atoms with van der Waals surface area (Å²) in [6.45, 7) is 7.00. The minimum Gasteiger partial charge on any atom is -0.486 e. The van der Waals surface area contributed by atoms with Gasteiger partial charge in [-0.25, -0.2) is 4.98 Å². The van der Waals surface area contributed by atoms with Crippen LogP contribution in [-0.4, -0.2) is 29.2 Å². The monoisotopic (exact) mass is 473 g/mol. The molecule has 3 aromatic carbocycles. The van der Waals surface area contributed by atoms with Crippen LogP contribution < -0.4 is 20.1 Å². The van der Waals surface area contributed by atoms with Gasteiger partial charge in [-0.2, -0.15) is 0 Å². The molecule has 5 rings (SSSR count). The van der Waals surface area contributed by atoms with E-state index in [0.717, 1.165) is 33.5 Å². The van der Waals surface area contributed by atoms with Crippen molar-refractivity contribution in [2.75, 3.05) is 18.5 Å². The third-order valence-electron chi connectivity index (χ3n) is 5.85. The van der Waals surface area contributed by atoms with E-state index in [1.165, 1.54) is 5.56 Å². The van der Waals surface area contributed by atoms with Gasteiger partial charge in [0.1, 0.15) is 18.7 Å². The van der Waals surface area contributed by atoms with E-state index in [0.29, 0.717) is 36.2 Å². The maximum absolute atomic E-state index is 12.7.